The normalized spacial score (nSPS) is 22.2. The molecule has 3 aromatic rings. The minimum Gasteiger partial charge on any atom is -0.504 e. The number of para-hydroxylation sites is 1. The molecule has 6 nitrogen and oxygen atoms in total. The molecule has 1 aliphatic heterocycles. The first-order valence-electron chi connectivity index (χ1n) is 10.1. The Kier molecular flexibility index (Phi) is 5.72. The number of hydrogen-bond acceptors (Lipinski definition) is 6. The van der Waals surface area contributed by atoms with Crippen LogP contribution in [0.25, 0.3) is 10.9 Å². The number of nitrogens with zero attached hydrogens (tertiary/aromatic N) is 1. The number of rotatable bonds is 6. The van der Waals surface area contributed by atoms with E-state index in [1.54, 1.807) is 12.3 Å². The Bertz CT molecular complexity index is 1120. The molecule has 1 saturated heterocycles. The third-order valence-electron chi connectivity index (χ3n) is 5.66. The third kappa shape index (κ3) is 4.03. The average molecular weight is 426 g/mol. The van der Waals surface area contributed by atoms with Gasteiger partial charge in [-0.25, -0.2) is 0 Å². The fourth-order valence-corrected chi connectivity index (χ4v) is 6.96. The molecule has 1 aromatic heterocycles. The van der Waals surface area contributed by atoms with Crippen LogP contribution in [0.2, 0.25) is 0 Å². The molecule has 0 bridgehead atoms. The molecule has 30 heavy (non-hydrogen) atoms. The van der Waals surface area contributed by atoms with Crippen molar-refractivity contribution in [2.45, 2.75) is 32.0 Å². The van der Waals surface area contributed by atoms with E-state index < -0.39 is 7.37 Å². The largest absolute Gasteiger partial charge is 0.504 e. The molecule has 4 rings (SSSR count). The second kappa shape index (κ2) is 8.29. The highest BCUT2D eigenvalue weighted by Gasteiger charge is 2.41. The zero-order chi connectivity index (χ0) is 21.3. The minimum atomic E-state index is -2.93. The number of phenols is 1. The number of ether oxygens (including phenoxy) is 1. The summed E-state index contributed by atoms with van der Waals surface area (Å²) >= 11 is 0. The van der Waals surface area contributed by atoms with Gasteiger partial charge in [0.15, 0.2) is 11.5 Å². The summed E-state index contributed by atoms with van der Waals surface area (Å²) in [5, 5.41) is 14.7. The number of anilines is 1. The van der Waals surface area contributed by atoms with Crippen LogP contribution < -0.4 is 10.1 Å². The van der Waals surface area contributed by atoms with Crippen LogP contribution in [0.3, 0.4) is 0 Å². The fraction of sp³-hybridized carbons (Fsp3) is 0.348. The topological polar surface area (TPSA) is 80.7 Å². The second-order valence-corrected chi connectivity index (χ2v) is 10.6. The van der Waals surface area contributed by atoms with Crippen molar-refractivity contribution in [1.29, 1.82) is 0 Å². The Morgan fingerprint density at radius 3 is 2.87 bits per heavy atom. The van der Waals surface area contributed by atoms with Crippen molar-refractivity contribution in [2.24, 2.45) is 0 Å². The van der Waals surface area contributed by atoms with E-state index in [4.69, 9.17) is 9.26 Å². The Hall–Kier alpha value is -2.56. The lowest BCUT2D eigenvalue weighted by Crippen LogP contribution is -2.15. The lowest BCUT2D eigenvalue weighted by atomic mass is 10.1. The van der Waals surface area contributed by atoms with Crippen LogP contribution in [0.5, 0.6) is 11.5 Å². The highest BCUT2D eigenvalue weighted by atomic mass is 31.2. The summed E-state index contributed by atoms with van der Waals surface area (Å²) in [7, 11) is -1.41. The Morgan fingerprint density at radius 2 is 2.13 bits per heavy atom. The van der Waals surface area contributed by atoms with Gasteiger partial charge in [0.05, 0.1) is 36.3 Å². The number of phenolic OH excluding ortho intramolecular Hbond substituents is 1. The van der Waals surface area contributed by atoms with Gasteiger partial charge in [0, 0.05) is 18.1 Å². The van der Waals surface area contributed by atoms with Crippen LogP contribution in [0.1, 0.15) is 30.1 Å². The van der Waals surface area contributed by atoms with Crippen molar-refractivity contribution in [3.05, 3.63) is 59.8 Å². The molecule has 0 aliphatic carbocycles. The molecule has 1 fully saturated rings. The number of benzene rings is 2. The number of aromatic nitrogens is 1. The van der Waals surface area contributed by atoms with Crippen molar-refractivity contribution in [1.82, 2.24) is 4.98 Å². The maximum absolute atomic E-state index is 13.8. The van der Waals surface area contributed by atoms with E-state index >= 15 is 0 Å². The molecule has 3 atom stereocenters. The van der Waals surface area contributed by atoms with E-state index in [1.807, 2.05) is 50.2 Å². The first-order valence-corrected chi connectivity index (χ1v) is 12.0. The standard InChI is InChI=1S/C23H27N2O4P/c1-15-10-18(12-21(28-3)23(15)26)22(30(27)9-8-16(2)29-30)14-24-19-11-17-6-4-5-7-20(17)25-13-19/h4-7,10-13,16,22,24,26H,8-9,14H2,1-3H3/t16-,22?,30?/m1/s1. The highest BCUT2D eigenvalue weighted by molar-refractivity contribution is 7.59. The van der Waals surface area contributed by atoms with E-state index in [1.165, 1.54) is 7.11 Å². The molecule has 2 aromatic carbocycles. The van der Waals surface area contributed by atoms with Gasteiger partial charge in [0.25, 0.3) is 0 Å². The quantitative estimate of drug-likeness (QED) is 0.507. The van der Waals surface area contributed by atoms with Crippen LogP contribution in [-0.4, -0.2) is 36.0 Å². The first kappa shape index (κ1) is 20.7. The van der Waals surface area contributed by atoms with Crippen molar-refractivity contribution < 1.29 is 18.9 Å². The summed E-state index contributed by atoms with van der Waals surface area (Å²) < 4.78 is 25.1. The smallest absolute Gasteiger partial charge is 0.212 e. The maximum atomic E-state index is 13.8. The van der Waals surface area contributed by atoms with Crippen molar-refractivity contribution in [3.63, 3.8) is 0 Å². The van der Waals surface area contributed by atoms with Crippen LogP contribution in [0.4, 0.5) is 5.69 Å². The molecule has 0 amide bonds. The summed E-state index contributed by atoms with van der Waals surface area (Å²) in [4.78, 5) is 4.50. The maximum Gasteiger partial charge on any atom is 0.212 e. The minimum absolute atomic E-state index is 0.0271. The van der Waals surface area contributed by atoms with Crippen molar-refractivity contribution in [2.75, 3.05) is 25.1 Å². The molecular weight excluding hydrogens is 399 g/mol. The van der Waals surface area contributed by atoms with Gasteiger partial charge < -0.3 is 19.7 Å². The molecule has 2 heterocycles. The second-order valence-electron chi connectivity index (χ2n) is 7.86. The Morgan fingerprint density at radius 1 is 1.33 bits per heavy atom. The molecule has 0 radical (unpaired) electrons. The molecule has 7 heteroatoms. The lowest BCUT2D eigenvalue weighted by Gasteiger charge is -2.26. The summed E-state index contributed by atoms with van der Waals surface area (Å²) in [6.07, 6.45) is 3.08. The van der Waals surface area contributed by atoms with Gasteiger partial charge in [0.1, 0.15) is 0 Å². The monoisotopic (exact) mass is 426 g/mol. The molecule has 1 aliphatic rings. The van der Waals surface area contributed by atoms with E-state index in [0.717, 1.165) is 28.6 Å². The van der Waals surface area contributed by atoms with Gasteiger partial charge >= 0.3 is 0 Å². The number of hydrogen-bond donors (Lipinski definition) is 2. The number of aromatic hydroxyl groups is 1. The van der Waals surface area contributed by atoms with Gasteiger partial charge in [-0.3, -0.25) is 9.55 Å². The molecule has 2 N–H and O–H groups in total. The molecule has 0 saturated carbocycles. The lowest BCUT2D eigenvalue weighted by molar-refractivity contribution is 0.250. The number of pyridine rings is 1. The third-order valence-corrected chi connectivity index (χ3v) is 8.69. The first-order chi connectivity index (χ1) is 14.4. The molecular formula is C23H27N2O4P. The van der Waals surface area contributed by atoms with Crippen LogP contribution in [0.15, 0.2) is 48.7 Å². The number of nitrogens with one attached hydrogen (secondary N) is 1. The summed E-state index contributed by atoms with van der Waals surface area (Å²) in [6.45, 7) is 4.20. The summed E-state index contributed by atoms with van der Waals surface area (Å²) in [5.41, 5.74) is 2.95. The average Bonchev–Trinajstić information content (AvgIpc) is 3.09. The SMILES string of the molecule is COc1cc(C(CNc2cnc3ccccc3c2)P2(=O)CC[C@@H](C)O2)cc(C)c1O. The van der Waals surface area contributed by atoms with Crippen LogP contribution >= 0.6 is 7.37 Å². The van der Waals surface area contributed by atoms with E-state index in [2.05, 4.69) is 10.3 Å². The van der Waals surface area contributed by atoms with Crippen molar-refractivity contribution >= 4 is 24.0 Å². The van der Waals surface area contributed by atoms with E-state index in [9.17, 15) is 9.67 Å². The van der Waals surface area contributed by atoms with E-state index in [0.29, 0.717) is 24.0 Å². The zero-order valence-electron chi connectivity index (χ0n) is 17.5. The van der Waals surface area contributed by atoms with Crippen LogP contribution in [0, 0.1) is 6.92 Å². The number of aryl methyl sites for hydroxylation is 1. The van der Waals surface area contributed by atoms with Gasteiger partial charge in [-0.05, 0) is 49.6 Å². The fourth-order valence-electron chi connectivity index (χ4n) is 3.99. The molecule has 2 unspecified atom stereocenters. The van der Waals surface area contributed by atoms with Crippen molar-refractivity contribution in [3.8, 4) is 11.5 Å². The van der Waals surface area contributed by atoms with Gasteiger partial charge in [-0.1, -0.05) is 24.3 Å². The highest BCUT2D eigenvalue weighted by Crippen LogP contribution is 2.65. The van der Waals surface area contributed by atoms with E-state index in [-0.39, 0.29) is 17.5 Å². The number of methoxy groups -OCH3 is 1. The summed E-state index contributed by atoms with van der Waals surface area (Å²) in [5.74, 6) is 0.479. The Balaban J connectivity index is 1.67. The number of fused-ring (bicyclic) bond motifs is 1. The summed E-state index contributed by atoms with van der Waals surface area (Å²) in [6, 6.07) is 13.6. The predicted molar refractivity (Wildman–Crippen MR) is 120 cm³/mol. The van der Waals surface area contributed by atoms with Gasteiger partial charge in [0.2, 0.25) is 7.37 Å². The van der Waals surface area contributed by atoms with Crippen LogP contribution in [-0.2, 0) is 9.09 Å². The Labute approximate surface area is 176 Å². The molecule has 158 valence electrons. The zero-order valence-corrected chi connectivity index (χ0v) is 18.4. The van der Waals surface area contributed by atoms with Gasteiger partial charge in [-0.15, -0.1) is 0 Å². The molecule has 0 spiro atoms. The van der Waals surface area contributed by atoms with Gasteiger partial charge in [-0.2, -0.15) is 0 Å². The predicted octanol–water partition coefficient (Wildman–Crippen LogP) is 5.50.